The van der Waals surface area contributed by atoms with E-state index in [4.69, 9.17) is 22.4 Å². The van der Waals surface area contributed by atoms with E-state index in [-0.39, 0.29) is 12.3 Å². The minimum atomic E-state index is -0.365. The Bertz CT molecular complexity index is 802. The Morgan fingerprint density at radius 1 is 1.30 bits per heavy atom. The lowest BCUT2D eigenvalue weighted by molar-refractivity contribution is -0.118. The minimum absolute atomic E-state index is 0.210. The van der Waals surface area contributed by atoms with Crippen molar-refractivity contribution < 1.29 is 9.21 Å². The number of nitrogens with zero attached hydrogens (tertiary/aromatic N) is 5. The van der Waals surface area contributed by atoms with Gasteiger partial charge in [-0.1, -0.05) is 13.8 Å². The lowest BCUT2D eigenvalue weighted by atomic mass is 10.2. The fourth-order valence-electron chi connectivity index (χ4n) is 3.36. The summed E-state index contributed by atoms with van der Waals surface area (Å²) in [6.07, 6.45) is 1.81. The number of rotatable bonds is 8. The summed E-state index contributed by atoms with van der Waals surface area (Å²) in [6.45, 7) is 10.7. The molecule has 2 N–H and O–H groups in total. The number of hydrogen-bond donors (Lipinski definition) is 1. The van der Waals surface area contributed by atoms with Gasteiger partial charge in [-0.15, -0.1) is 5.10 Å². The van der Waals surface area contributed by atoms with Gasteiger partial charge in [-0.05, 0) is 30.3 Å². The summed E-state index contributed by atoms with van der Waals surface area (Å²) in [5.74, 6) is 1.58. The number of piperazine rings is 1. The topological polar surface area (TPSA) is 85.5 Å². The first-order valence-corrected chi connectivity index (χ1v) is 9.79. The van der Waals surface area contributed by atoms with Gasteiger partial charge in [0.1, 0.15) is 0 Å². The van der Waals surface area contributed by atoms with E-state index < -0.39 is 0 Å². The Labute approximate surface area is 164 Å². The SMILES string of the molecule is CC(C)CN1CCN(Cn2nc(-c3ccco3)n(CCC(N)=O)c2=S)CC1. The van der Waals surface area contributed by atoms with Gasteiger partial charge in [0, 0.05) is 45.7 Å². The van der Waals surface area contributed by atoms with Gasteiger partial charge < -0.3 is 15.1 Å². The Morgan fingerprint density at radius 2 is 2.00 bits per heavy atom. The summed E-state index contributed by atoms with van der Waals surface area (Å²) in [5.41, 5.74) is 5.31. The first kappa shape index (κ1) is 19.8. The van der Waals surface area contributed by atoms with Crippen LogP contribution in [0.25, 0.3) is 11.6 Å². The van der Waals surface area contributed by atoms with Crippen molar-refractivity contribution in [2.24, 2.45) is 11.7 Å². The highest BCUT2D eigenvalue weighted by molar-refractivity contribution is 7.71. The van der Waals surface area contributed by atoms with Crippen LogP contribution in [-0.4, -0.2) is 62.8 Å². The maximum atomic E-state index is 11.2. The second kappa shape index (κ2) is 8.81. The summed E-state index contributed by atoms with van der Waals surface area (Å²) in [7, 11) is 0. The fourth-order valence-corrected chi connectivity index (χ4v) is 3.64. The Kier molecular flexibility index (Phi) is 6.46. The number of primary amides is 1. The van der Waals surface area contributed by atoms with Crippen molar-refractivity contribution in [3.63, 3.8) is 0 Å². The zero-order valence-electron chi connectivity index (χ0n) is 16.0. The van der Waals surface area contributed by atoms with Crippen molar-refractivity contribution in [3.05, 3.63) is 23.2 Å². The molecule has 27 heavy (non-hydrogen) atoms. The standard InChI is InChI=1S/C18H28N6O2S/c1-14(2)12-21-7-9-22(10-8-21)13-24-18(27)23(6-5-16(19)25)17(20-24)15-4-3-11-26-15/h3-4,11,14H,5-10,12-13H2,1-2H3,(H2,19,25). The third-order valence-corrected chi connectivity index (χ3v) is 5.10. The third kappa shape index (κ3) is 5.06. The van der Waals surface area contributed by atoms with Gasteiger partial charge in [-0.3, -0.25) is 14.3 Å². The molecule has 1 saturated heterocycles. The second-order valence-electron chi connectivity index (χ2n) is 7.40. The molecule has 1 amide bonds. The van der Waals surface area contributed by atoms with Crippen LogP contribution in [0, 0.1) is 10.7 Å². The molecule has 9 heteroatoms. The fraction of sp³-hybridized carbons (Fsp3) is 0.611. The van der Waals surface area contributed by atoms with Gasteiger partial charge in [0.15, 0.2) is 16.4 Å². The summed E-state index contributed by atoms with van der Waals surface area (Å²) >= 11 is 5.62. The molecule has 8 nitrogen and oxygen atoms in total. The minimum Gasteiger partial charge on any atom is -0.461 e. The molecular formula is C18H28N6O2S. The van der Waals surface area contributed by atoms with Crippen molar-refractivity contribution in [3.8, 4) is 11.6 Å². The highest BCUT2D eigenvalue weighted by Crippen LogP contribution is 2.20. The van der Waals surface area contributed by atoms with E-state index in [1.165, 1.54) is 0 Å². The largest absolute Gasteiger partial charge is 0.461 e. The van der Waals surface area contributed by atoms with Gasteiger partial charge in [-0.25, -0.2) is 4.68 Å². The molecule has 0 bridgehead atoms. The van der Waals surface area contributed by atoms with Crippen LogP contribution in [0.1, 0.15) is 20.3 Å². The molecule has 0 spiro atoms. The van der Waals surface area contributed by atoms with Crippen molar-refractivity contribution in [1.82, 2.24) is 24.1 Å². The van der Waals surface area contributed by atoms with Crippen LogP contribution in [0.4, 0.5) is 0 Å². The molecule has 1 aliphatic heterocycles. The predicted octanol–water partition coefficient (Wildman–Crippen LogP) is 1.78. The first-order valence-electron chi connectivity index (χ1n) is 9.38. The first-order chi connectivity index (χ1) is 12.9. The van der Waals surface area contributed by atoms with E-state index in [0.29, 0.717) is 35.5 Å². The zero-order valence-corrected chi connectivity index (χ0v) is 16.8. The predicted molar refractivity (Wildman–Crippen MR) is 105 cm³/mol. The molecule has 1 aliphatic rings. The van der Waals surface area contributed by atoms with E-state index >= 15 is 0 Å². The lowest BCUT2D eigenvalue weighted by Crippen LogP contribution is -2.47. The van der Waals surface area contributed by atoms with Gasteiger partial charge >= 0.3 is 0 Å². The third-order valence-electron chi connectivity index (χ3n) is 4.67. The average molecular weight is 393 g/mol. The number of hydrogen-bond acceptors (Lipinski definition) is 6. The van der Waals surface area contributed by atoms with Crippen LogP contribution in [0.2, 0.25) is 0 Å². The molecule has 1 fully saturated rings. The van der Waals surface area contributed by atoms with Crippen molar-refractivity contribution in [2.75, 3.05) is 32.7 Å². The molecule has 3 rings (SSSR count). The molecule has 0 unspecified atom stereocenters. The molecule has 0 radical (unpaired) electrons. The number of carbonyl (C=O) groups excluding carboxylic acids is 1. The quantitative estimate of drug-likeness (QED) is 0.689. The van der Waals surface area contributed by atoms with Crippen LogP contribution >= 0.6 is 12.2 Å². The van der Waals surface area contributed by atoms with E-state index in [2.05, 4.69) is 28.7 Å². The normalized spacial score (nSPS) is 16.3. The number of aromatic nitrogens is 3. The van der Waals surface area contributed by atoms with E-state index in [1.54, 1.807) is 6.26 Å². The molecule has 0 atom stereocenters. The molecule has 2 aromatic heterocycles. The molecule has 0 saturated carbocycles. The van der Waals surface area contributed by atoms with E-state index in [1.807, 2.05) is 21.4 Å². The van der Waals surface area contributed by atoms with Crippen molar-refractivity contribution in [1.29, 1.82) is 0 Å². The number of amides is 1. The van der Waals surface area contributed by atoms with Crippen molar-refractivity contribution in [2.45, 2.75) is 33.5 Å². The van der Waals surface area contributed by atoms with Crippen LogP contribution < -0.4 is 5.73 Å². The number of carbonyl (C=O) groups is 1. The van der Waals surface area contributed by atoms with Gasteiger partial charge in [0.05, 0.1) is 12.9 Å². The molecule has 0 aliphatic carbocycles. The monoisotopic (exact) mass is 392 g/mol. The van der Waals surface area contributed by atoms with Crippen LogP contribution in [0.15, 0.2) is 22.8 Å². The number of furan rings is 1. The maximum absolute atomic E-state index is 11.2. The van der Waals surface area contributed by atoms with Crippen LogP contribution in [0.3, 0.4) is 0 Å². The molecule has 3 heterocycles. The second-order valence-corrected chi connectivity index (χ2v) is 7.77. The smallest absolute Gasteiger partial charge is 0.219 e. The van der Waals surface area contributed by atoms with Gasteiger partial charge in [0.25, 0.3) is 0 Å². The van der Waals surface area contributed by atoms with Gasteiger partial charge in [0.2, 0.25) is 5.91 Å². The molecular weight excluding hydrogens is 364 g/mol. The van der Waals surface area contributed by atoms with Crippen LogP contribution in [0.5, 0.6) is 0 Å². The maximum Gasteiger partial charge on any atom is 0.219 e. The molecule has 2 aromatic rings. The molecule has 148 valence electrons. The summed E-state index contributed by atoms with van der Waals surface area (Å²) in [6, 6.07) is 3.65. The van der Waals surface area contributed by atoms with Gasteiger partial charge in [-0.2, -0.15) is 0 Å². The van der Waals surface area contributed by atoms with E-state index in [9.17, 15) is 4.79 Å². The summed E-state index contributed by atoms with van der Waals surface area (Å²) in [4.78, 5) is 16.1. The molecule has 0 aromatic carbocycles. The Balaban J connectivity index is 1.73. The zero-order chi connectivity index (χ0) is 19.4. The average Bonchev–Trinajstić information content (AvgIpc) is 3.23. The summed E-state index contributed by atoms with van der Waals surface area (Å²) in [5, 5.41) is 4.67. The lowest BCUT2D eigenvalue weighted by Gasteiger charge is -2.35. The summed E-state index contributed by atoms with van der Waals surface area (Å²) < 4.78 is 9.71. The van der Waals surface area contributed by atoms with Crippen molar-refractivity contribution >= 4 is 18.1 Å². The number of nitrogens with two attached hydrogens (primary N) is 1. The van der Waals surface area contributed by atoms with Crippen LogP contribution in [-0.2, 0) is 18.0 Å². The Morgan fingerprint density at radius 3 is 2.59 bits per heavy atom. The highest BCUT2D eigenvalue weighted by atomic mass is 32.1. The van der Waals surface area contributed by atoms with E-state index in [0.717, 1.165) is 32.7 Å². The highest BCUT2D eigenvalue weighted by Gasteiger charge is 2.20. The Hall–Kier alpha value is -1.97.